The molecule has 314 valence electrons. The first-order valence-electron chi connectivity index (χ1n) is 20.5. The van der Waals surface area contributed by atoms with Crippen LogP contribution in [0.3, 0.4) is 0 Å². The minimum atomic E-state index is -4.85. The van der Waals surface area contributed by atoms with Crippen molar-refractivity contribution in [1.29, 1.82) is 0 Å². The fourth-order valence-corrected chi connectivity index (χ4v) is 6.51. The lowest BCUT2D eigenvalue weighted by atomic mass is 9.89. The molecule has 12 heteroatoms. The van der Waals surface area contributed by atoms with E-state index < -0.39 is 57.4 Å². The zero-order valence-corrected chi connectivity index (χ0v) is 34.3. The van der Waals surface area contributed by atoms with Crippen molar-refractivity contribution in [2.75, 3.05) is 13.2 Å². The summed E-state index contributed by atoms with van der Waals surface area (Å²) in [5.41, 5.74) is 0. The molecular weight excluding hydrogens is 723 g/mol. The lowest BCUT2D eigenvalue weighted by Gasteiger charge is -2.19. The molecular formula is C43H71O11P. The highest BCUT2D eigenvalue weighted by Gasteiger charge is 2.39. The zero-order chi connectivity index (χ0) is 40.6. The third-order valence-electron chi connectivity index (χ3n) is 9.30. The number of hydrogen-bond acceptors (Lipinski definition) is 9. The molecule has 1 rings (SSSR count). The number of carbonyl (C=O) groups excluding carboxylic acids is 2. The second-order valence-electron chi connectivity index (χ2n) is 14.2. The molecule has 0 heterocycles. The van der Waals surface area contributed by atoms with E-state index >= 15 is 0 Å². The molecule has 0 radical (unpaired) electrons. The molecule has 0 spiro atoms. The van der Waals surface area contributed by atoms with Crippen LogP contribution in [-0.2, 0) is 28.2 Å². The molecule has 1 aliphatic rings. The fraction of sp³-hybridized carbons (Fsp3) is 0.674. The van der Waals surface area contributed by atoms with Crippen molar-refractivity contribution in [2.45, 2.75) is 160 Å². The summed E-state index contributed by atoms with van der Waals surface area (Å²) < 4.78 is 26.3. The molecule has 11 nitrogen and oxygen atoms in total. The Morgan fingerprint density at radius 2 is 1.33 bits per heavy atom. The molecule has 0 aromatic carbocycles. The van der Waals surface area contributed by atoms with Crippen LogP contribution >= 0.6 is 7.82 Å². The Morgan fingerprint density at radius 3 is 1.95 bits per heavy atom. The first-order valence-corrected chi connectivity index (χ1v) is 22.0. The Hall–Kier alpha value is -2.63. The SMILES string of the molecule is CCCCC/C=C\C/C=C\C/C=C\C/C=C\CCCCCC(=O)O[C@H](COC(=O)C/C=C\C[C@H]1[C@@H](/C=C/[C@H](O)CCCCC)[C@H](O)C[C@@H]1O)COP(=O)(O)O. The van der Waals surface area contributed by atoms with Crippen molar-refractivity contribution >= 4 is 19.8 Å². The molecule has 0 amide bonds. The molecule has 0 bridgehead atoms. The van der Waals surface area contributed by atoms with Crippen LogP contribution in [0.15, 0.2) is 72.9 Å². The molecule has 0 saturated heterocycles. The van der Waals surface area contributed by atoms with E-state index in [1.165, 1.54) is 25.7 Å². The van der Waals surface area contributed by atoms with E-state index in [0.29, 0.717) is 19.3 Å². The summed E-state index contributed by atoms with van der Waals surface area (Å²) in [6, 6.07) is 0. The molecule has 0 aromatic rings. The first-order chi connectivity index (χ1) is 26.5. The van der Waals surface area contributed by atoms with Crippen LogP contribution in [0.4, 0.5) is 0 Å². The summed E-state index contributed by atoms with van der Waals surface area (Å²) in [4.78, 5) is 43.1. The number of allylic oxidation sites excluding steroid dienone is 9. The highest BCUT2D eigenvalue weighted by atomic mass is 31.2. The van der Waals surface area contributed by atoms with Crippen LogP contribution in [0.1, 0.15) is 136 Å². The van der Waals surface area contributed by atoms with Crippen molar-refractivity contribution in [2.24, 2.45) is 11.8 Å². The Morgan fingerprint density at radius 1 is 0.727 bits per heavy atom. The third kappa shape index (κ3) is 28.4. The highest BCUT2D eigenvalue weighted by Crippen LogP contribution is 2.37. The van der Waals surface area contributed by atoms with Crippen LogP contribution < -0.4 is 0 Å². The Bertz CT molecular complexity index is 1230. The van der Waals surface area contributed by atoms with Crippen LogP contribution in [0.25, 0.3) is 0 Å². The smallest absolute Gasteiger partial charge is 0.461 e. The molecule has 1 aliphatic carbocycles. The summed E-state index contributed by atoms with van der Waals surface area (Å²) in [7, 11) is -4.85. The number of phosphoric ester groups is 1. The van der Waals surface area contributed by atoms with Crippen LogP contribution in [0.5, 0.6) is 0 Å². The van der Waals surface area contributed by atoms with Crippen molar-refractivity contribution in [3.63, 3.8) is 0 Å². The maximum absolute atomic E-state index is 12.5. The lowest BCUT2D eigenvalue weighted by molar-refractivity contribution is -0.160. The predicted molar refractivity (Wildman–Crippen MR) is 218 cm³/mol. The number of phosphoric acid groups is 1. The minimum Gasteiger partial charge on any atom is -0.461 e. The number of hydrogen-bond donors (Lipinski definition) is 5. The van der Waals surface area contributed by atoms with Gasteiger partial charge in [0.25, 0.3) is 0 Å². The number of aliphatic hydroxyl groups is 3. The van der Waals surface area contributed by atoms with Gasteiger partial charge in [-0.25, -0.2) is 4.57 Å². The monoisotopic (exact) mass is 794 g/mol. The van der Waals surface area contributed by atoms with Gasteiger partial charge < -0.3 is 34.6 Å². The molecule has 55 heavy (non-hydrogen) atoms. The van der Waals surface area contributed by atoms with Crippen LogP contribution in [0, 0.1) is 11.8 Å². The predicted octanol–water partition coefficient (Wildman–Crippen LogP) is 8.67. The fourth-order valence-electron chi connectivity index (χ4n) is 6.15. The molecule has 1 saturated carbocycles. The molecule has 6 atom stereocenters. The van der Waals surface area contributed by atoms with E-state index in [1.807, 2.05) is 0 Å². The van der Waals surface area contributed by atoms with Gasteiger partial charge in [0.2, 0.25) is 0 Å². The van der Waals surface area contributed by atoms with Crippen LogP contribution in [-0.4, -0.2) is 74.7 Å². The number of ether oxygens (including phenoxy) is 2. The van der Waals surface area contributed by atoms with E-state index in [-0.39, 0.29) is 31.1 Å². The topological polar surface area (TPSA) is 180 Å². The quantitative estimate of drug-likeness (QED) is 0.0190. The van der Waals surface area contributed by atoms with Gasteiger partial charge in [-0.2, -0.15) is 0 Å². The zero-order valence-electron chi connectivity index (χ0n) is 33.4. The van der Waals surface area contributed by atoms with Gasteiger partial charge in [-0.3, -0.25) is 14.1 Å². The first kappa shape index (κ1) is 50.4. The molecule has 0 aromatic heterocycles. The maximum atomic E-state index is 12.5. The molecule has 0 aliphatic heterocycles. The second kappa shape index (κ2) is 32.5. The van der Waals surface area contributed by atoms with E-state index in [2.05, 4.69) is 67.0 Å². The normalized spacial score (nSPS) is 20.6. The average Bonchev–Trinajstić information content (AvgIpc) is 3.41. The van der Waals surface area contributed by atoms with Crippen molar-refractivity contribution in [3.05, 3.63) is 72.9 Å². The summed E-state index contributed by atoms with van der Waals surface area (Å²) in [5.74, 6) is -1.84. The Labute approximate surface area is 330 Å². The lowest BCUT2D eigenvalue weighted by Crippen LogP contribution is -2.29. The second-order valence-corrected chi connectivity index (χ2v) is 15.5. The summed E-state index contributed by atoms with van der Waals surface area (Å²) in [5, 5.41) is 31.2. The minimum absolute atomic E-state index is 0.105. The van der Waals surface area contributed by atoms with Gasteiger partial charge in [-0.05, 0) is 70.1 Å². The number of unbranched alkanes of at least 4 members (excludes halogenated alkanes) is 8. The van der Waals surface area contributed by atoms with Gasteiger partial charge in [0, 0.05) is 18.8 Å². The Kier molecular flexibility index (Phi) is 29.7. The summed E-state index contributed by atoms with van der Waals surface area (Å²) >= 11 is 0. The average molecular weight is 795 g/mol. The molecule has 5 N–H and O–H groups in total. The van der Waals surface area contributed by atoms with E-state index in [0.717, 1.165) is 57.8 Å². The van der Waals surface area contributed by atoms with Crippen molar-refractivity contribution in [1.82, 2.24) is 0 Å². The van der Waals surface area contributed by atoms with Crippen molar-refractivity contribution in [3.8, 4) is 0 Å². The number of carbonyl (C=O) groups is 2. The van der Waals surface area contributed by atoms with E-state index in [9.17, 15) is 29.5 Å². The van der Waals surface area contributed by atoms with E-state index in [4.69, 9.17) is 19.3 Å². The maximum Gasteiger partial charge on any atom is 0.469 e. The van der Waals surface area contributed by atoms with Crippen LogP contribution in [0.2, 0.25) is 0 Å². The summed E-state index contributed by atoms with van der Waals surface area (Å²) in [6.45, 7) is 3.23. The third-order valence-corrected chi connectivity index (χ3v) is 9.79. The largest absolute Gasteiger partial charge is 0.469 e. The highest BCUT2D eigenvalue weighted by molar-refractivity contribution is 7.46. The van der Waals surface area contributed by atoms with Gasteiger partial charge in [-0.1, -0.05) is 125 Å². The Balaban J connectivity index is 2.36. The molecule has 1 fully saturated rings. The summed E-state index contributed by atoms with van der Waals surface area (Å²) in [6.07, 6.45) is 36.1. The number of rotatable bonds is 32. The van der Waals surface area contributed by atoms with Gasteiger partial charge >= 0.3 is 19.8 Å². The van der Waals surface area contributed by atoms with Gasteiger partial charge in [-0.15, -0.1) is 0 Å². The number of aliphatic hydroxyl groups excluding tert-OH is 3. The van der Waals surface area contributed by atoms with Gasteiger partial charge in [0.15, 0.2) is 6.10 Å². The number of esters is 2. The van der Waals surface area contributed by atoms with Crippen molar-refractivity contribution < 1.29 is 53.3 Å². The van der Waals surface area contributed by atoms with Gasteiger partial charge in [0.05, 0.1) is 31.3 Å². The van der Waals surface area contributed by atoms with E-state index in [1.54, 1.807) is 24.3 Å². The van der Waals surface area contributed by atoms with Gasteiger partial charge in [0.1, 0.15) is 6.61 Å². The standard InChI is InChI=1S/C43H71O11P/c1-3-5-7-8-9-10-11-12-13-14-15-16-17-18-19-20-21-22-24-30-43(48)54-37(35-53-55(49,50)51)34-52-42(47)29-26-25-28-38-39(41(46)33-40(38)45)32-31-36(44)27-23-6-4-2/h9-10,12-13,15-16,18-19,25-26,31-32,36-41,44-46H,3-8,11,14,17,20-24,27-30,33-35H2,1-2H3,(H2,49,50,51)/b10-9-,13-12-,16-15-,19-18-,26-25-,32-31+/t36-,37-,38+,39-,40+,41-/m1/s1. The molecule has 0 unspecified atom stereocenters.